The van der Waals surface area contributed by atoms with E-state index in [1.807, 2.05) is 31.2 Å². The predicted octanol–water partition coefficient (Wildman–Crippen LogP) is 4.98. The van der Waals surface area contributed by atoms with Crippen molar-refractivity contribution < 1.29 is 14.0 Å². The summed E-state index contributed by atoms with van der Waals surface area (Å²) in [6.45, 7) is 2.62. The fourth-order valence-corrected chi connectivity index (χ4v) is 3.56. The van der Waals surface area contributed by atoms with Crippen LogP contribution in [0.1, 0.15) is 38.3 Å². The number of benzene rings is 3. The number of anilines is 2. The van der Waals surface area contributed by atoms with Crippen LogP contribution in [-0.2, 0) is 6.42 Å². The standard InChI is InChI=1S/C24H21FN2O2/c1-16-8-10-17(11-9-16)24(29)27-14-4-5-18-15-19(12-13-22(18)27)23(28)26-21-7-3-2-6-20(21)25/h2-3,6-13,15H,4-5,14H2,1H3,(H,26,28). The Bertz CT molecular complexity index is 1080. The van der Waals surface area contributed by atoms with Crippen molar-refractivity contribution >= 4 is 23.2 Å². The van der Waals surface area contributed by atoms with Crippen LogP contribution in [0.2, 0.25) is 0 Å². The summed E-state index contributed by atoms with van der Waals surface area (Å²) in [5, 5.41) is 2.60. The van der Waals surface area contributed by atoms with Crippen molar-refractivity contribution in [2.75, 3.05) is 16.8 Å². The lowest BCUT2D eigenvalue weighted by atomic mass is 9.98. The minimum absolute atomic E-state index is 0.0468. The Morgan fingerprint density at radius 1 is 0.966 bits per heavy atom. The number of nitrogens with one attached hydrogen (secondary N) is 1. The van der Waals surface area contributed by atoms with Crippen molar-refractivity contribution in [1.82, 2.24) is 0 Å². The maximum absolute atomic E-state index is 13.8. The van der Waals surface area contributed by atoms with E-state index < -0.39 is 5.82 Å². The second-order valence-corrected chi connectivity index (χ2v) is 7.20. The van der Waals surface area contributed by atoms with Gasteiger partial charge in [-0.05, 0) is 67.8 Å². The predicted molar refractivity (Wildman–Crippen MR) is 112 cm³/mol. The van der Waals surface area contributed by atoms with Crippen LogP contribution in [0.5, 0.6) is 0 Å². The van der Waals surface area contributed by atoms with Crippen LogP contribution in [0, 0.1) is 12.7 Å². The molecule has 3 aromatic carbocycles. The fraction of sp³-hybridized carbons (Fsp3) is 0.167. The Kier molecular flexibility index (Phi) is 5.12. The van der Waals surface area contributed by atoms with Crippen LogP contribution in [0.25, 0.3) is 0 Å². The molecule has 0 spiro atoms. The van der Waals surface area contributed by atoms with E-state index in [0.717, 1.165) is 29.7 Å². The molecular weight excluding hydrogens is 367 g/mol. The van der Waals surface area contributed by atoms with E-state index in [1.165, 1.54) is 12.1 Å². The van der Waals surface area contributed by atoms with Crippen molar-refractivity contribution in [2.45, 2.75) is 19.8 Å². The number of rotatable bonds is 3. The zero-order chi connectivity index (χ0) is 20.4. The normalized spacial score (nSPS) is 13.0. The van der Waals surface area contributed by atoms with Crippen LogP contribution in [-0.4, -0.2) is 18.4 Å². The average Bonchev–Trinajstić information content (AvgIpc) is 2.74. The quantitative estimate of drug-likeness (QED) is 0.688. The molecule has 1 aliphatic heterocycles. The number of carbonyl (C=O) groups excluding carboxylic acids is 2. The van der Waals surface area contributed by atoms with Gasteiger partial charge in [-0.3, -0.25) is 9.59 Å². The Morgan fingerprint density at radius 2 is 1.69 bits per heavy atom. The number of carbonyl (C=O) groups is 2. The van der Waals surface area contributed by atoms with Gasteiger partial charge in [0.25, 0.3) is 11.8 Å². The van der Waals surface area contributed by atoms with Crippen molar-refractivity contribution in [3.05, 3.63) is 94.8 Å². The smallest absolute Gasteiger partial charge is 0.258 e. The SMILES string of the molecule is Cc1ccc(C(=O)N2CCCc3cc(C(=O)Nc4ccccc4F)ccc32)cc1. The monoisotopic (exact) mass is 388 g/mol. The van der Waals surface area contributed by atoms with Crippen molar-refractivity contribution in [3.63, 3.8) is 0 Å². The minimum atomic E-state index is -0.478. The van der Waals surface area contributed by atoms with E-state index in [2.05, 4.69) is 5.32 Å². The first kappa shape index (κ1) is 18.9. The van der Waals surface area contributed by atoms with Crippen molar-refractivity contribution in [1.29, 1.82) is 0 Å². The molecule has 1 aliphatic rings. The second-order valence-electron chi connectivity index (χ2n) is 7.20. The summed E-state index contributed by atoms with van der Waals surface area (Å²) < 4.78 is 13.8. The van der Waals surface area contributed by atoms with Gasteiger partial charge in [-0.2, -0.15) is 0 Å². The Labute approximate surface area is 169 Å². The molecule has 3 aromatic rings. The van der Waals surface area contributed by atoms with Crippen LogP contribution in [0.3, 0.4) is 0 Å². The third-order valence-electron chi connectivity index (χ3n) is 5.13. The van der Waals surface area contributed by atoms with Crippen LogP contribution < -0.4 is 10.2 Å². The molecule has 0 aliphatic carbocycles. The van der Waals surface area contributed by atoms with Crippen molar-refractivity contribution in [3.8, 4) is 0 Å². The maximum Gasteiger partial charge on any atom is 0.258 e. The minimum Gasteiger partial charge on any atom is -0.319 e. The van der Waals surface area contributed by atoms with Gasteiger partial charge in [-0.15, -0.1) is 0 Å². The summed E-state index contributed by atoms with van der Waals surface area (Å²) in [4.78, 5) is 27.3. The highest BCUT2D eigenvalue weighted by Crippen LogP contribution is 2.30. The highest BCUT2D eigenvalue weighted by Gasteiger charge is 2.24. The number of para-hydroxylation sites is 1. The third-order valence-corrected chi connectivity index (χ3v) is 5.13. The van der Waals surface area contributed by atoms with Crippen LogP contribution >= 0.6 is 0 Å². The summed E-state index contributed by atoms with van der Waals surface area (Å²) in [7, 11) is 0. The molecule has 0 aromatic heterocycles. The second kappa shape index (κ2) is 7.87. The highest BCUT2D eigenvalue weighted by atomic mass is 19.1. The lowest BCUT2D eigenvalue weighted by Crippen LogP contribution is -2.35. The van der Waals surface area contributed by atoms with Gasteiger partial charge in [0, 0.05) is 23.4 Å². The van der Waals surface area contributed by atoms with E-state index in [4.69, 9.17) is 0 Å². The summed E-state index contributed by atoms with van der Waals surface area (Å²) in [5.74, 6) is -0.900. The summed E-state index contributed by atoms with van der Waals surface area (Å²) >= 11 is 0. The Morgan fingerprint density at radius 3 is 2.45 bits per heavy atom. The Hall–Kier alpha value is -3.47. The molecule has 0 saturated carbocycles. The van der Waals surface area contributed by atoms with Gasteiger partial charge in [-0.25, -0.2) is 4.39 Å². The van der Waals surface area contributed by atoms with Crippen LogP contribution in [0.4, 0.5) is 15.8 Å². The summed E-state index contributed by atoms with van der Waals surface area (Å²) in [6, 6.07) is 18.9. The van der Waals surface area contributed by atoms with E-state index in [1.54, 1.807) is 35.2 Å². The van der Waals surface area contributed by atoms with Gasteiger partial charge in [0.15, 0.2) is 0 Å². The molecular formula is C24H21FN2O2. The van der Waals surface area contributed by atoms with Gasteiger partial charge >= 0.3 is 0 Å². The Balaban J connectivity index is 1.58. The third kappa shape index (κ3) is 3.90. The molecule has 0 bridgehead atoms. The topological polar surface area (TPSA) is 49.4 Å². The molecule has 5 heteroatoms. The molecule has 0 atom stereocenters. The summed E-state index contributed by atoms with van der Waals surface area (Å²) in [5.41, 5.74) is 4.10. The number of halogens is 1. The zero-order valence-electron chi connectivity index (χ0n) is 16.1. The molecule has 4 rings (SSSR count). The van der Waals surface area contributed by atoms with Gasteiger partial charge in [0.2, 0.25) is 0 Å². The first-order valence-electron chi connectivity index (χ1n) is 9.60. The number of hydrogen-bond donors (Lipinski definition) is 1. The molecule has 2 amide bonds. The first-order chi connectivity index (χ1) is 14.0. The number of amides is 2. The van der Waals surface area contributed by atoms with E-state index in [-0.39, 0.29) is 17.5 Å². The molecule has 0 fully saturated rings. The summed E-state index contributed by atoms with van der Waals surface area (Å²) in [6.07, 6.45) is 1.61. The van der Waals surface area contributed by atoms with Gasteiger partial charge < -0.3 is 10.2 Å². The number of fused-ring (bicyclic) bond motifs is 1. The van der Waals surface area contributed by atoms with Gasteiger partial charge in [0.1, 0.15) is 5.82 Å². The first-order valence-corrected chi connectivity index (χ1v) is 9.60. The lowest BCUT2D eigenvalue weighted by Gasteiger charge is -2.30. The number of nitrogens with zero attached hydrogens (tertiary/aromatic N) is 1. The van der Waals surface area contributed by atoms with E-state index >= 15 is 0 Å². The zero-order valence-corrected chi connectivity index (χ0v) is 16.1. The lowest BCUT2D eigenvalue weighted by molar-refractivity contribution is 0.0984. The molecule has 0 unspecified atom stereocenters. The molecule has 1 heterocycles. The van der Waals surface area contributed by atoms with Crippen molar-refractivity contribution in [2.24, 2.45) is 0 Å². The fourth-order valence-electron chi connectivity index (χ4n) is 3.56. The van der Waals surface area contributed by atoms with Crippen LogP contribution in [0.15, 0.2) is 66.7 Å². The van der Waals surface area contributed by atoms with Gasteiger partial charge in [-0.1, -0.05) is 29.8 Å². The maximum atomic E-state index is 13.8. The number of hydrogen-bond acceptors (Lipinski definition) is 2. The average molecular weight is 388 g/mol. The molecule has 1 N–H and O–H groups in total. The molecule has 146 valence electrons. The largest absolute Gasteiger partial charge is 0.319 e. The molecule has 0 radical (unpaired) electrons. The molecule has 4 nitrogen and oxygen atoms in total. The van der Waals surface area contributed by atoms with E-state index in [0.29, 0.717) is 17.7 Å². The molecule has 29 heavy (non-hydrogen) atoms. The van der Waals surface area contributed by atoms with Gasteiger partial charge in [0.05, 0.1) is 5.69 Å². The highest BCUT2D eigenvalue weighted by molar-refractivity contribution is 6.08. The van der Waals surface area contributed by atoms with E-state index in [9.17, 15) is 14.0 Å². The molecule has 0 saturated heterocycles. The number of aryl methyl sites for hydroxylation is 2.